The fourth-order valence-corrected chi connectivity index (χ4v) is 5.43. The van der Waals surface area contributed by atoms with E-state index in [9.17, 15) is 22.4 Å². The average Bonchev–Trinajstić information content (AvgIpc) is 3.02. The molecule has 224 valence electrons. The number of halogens is 1. The molecule has 10 heteroatoms. The van der Waals surface area contributed by atoms with Crippen LogP contribution in [0.4, 0.5) is 10.1 Å². The number of hydrogen-bond donors (Lipinski definition) is 2. The van der Waals surface area contributed by atoms with Crippen LogP contribution in [-0.4, -0.2) is 38.3 Å². The predicted octanol–water partition coefficient (Wildman–Crippen LogP) is 5.69. The van der Waals surface area contributed by atoms with E-state index in [1.807, 2.05) is 67.6 Å². The minimum absolute atomic E-state index is 0.0332. The number of ether oxygens (including phenoxy) is 1. The molecule has 0 bridgehead atoms. The molecule has 0 aliphatic heterocycles. The fourth-order valence-electron chi connectivity index (χ4n) is 4.37. The van der Waals surface area contributed by atoms with Crippen LogP contribution in [-0.2, 0) is 26.2 Å². The zero-order chi connectivity index (χ0) is 30.7. The molecular weight excluding hydrogens is 569 g/mol. The molecule has 0 unspecified atom stereocenters. The first-order valence-electron chi connectivity index (χ1n) is 13.9. The van der Waals surface area contributed by atoms with Crippen molar-refractivity contribution < 1.29 is 27.1 Å². The van der Waals surface area contributed by atoms with Gasteiger partial charge in [-0.15, -0.1) is 0 Å². The Labute approximate surface area is 251 Å². The highest BCUT2D eigenvalue weighted by molar-refractivity contribution is 7.92. The first-order chi connectivity index (χ1) is 20.8. The van der Waals surface area contributed by atoms with Crippen LogP contribution in [0.1, 0.15) is 36.9 Å². The summed E-state index contributed by atoms with van der Waals surface area (Å²) in [6.45, 7) is 2.33. The molecular formula is C33H34FN3O5S. The summed E-state index contributed by atoms with van der Waals surface area (Å²) in [7, 11) is -3.93. The van der Waals surface area contributed by atoms with Crippen molar-refractivity contribution in [1.29, 1.82) is 0 Å². The van der Waals surface area contributed by atoms with Crippen molar-refractivity contribution in [3.8, 4) is 5.75 Å². The van der Waals surface area contributed by atoms with E-state index in [4.69, 9.17) is 4.74 Å². The van der Waals surface area contributed by atoms with E-state index < -0.39 is 27.8 Å². The summed E-state index contributed by atoms with van der Waals surface area (Å²) in [6, 6.07) is 28.2. The van der Waals surface area contributed by atoms with Crippen molar-refractivity contribution in [3.63, 3.8) is 0 Å². The van der Waals surface area contributed by atoms with Crippen LogP contribution in [0.2, 0.25) is 0 Å². The molecule has 0 aliphatic carbocycles. The molecule has 0 saturated heterocycles. The minimum Gasteiger partial charge on any atom is -0.484 e. The number of carbonyl (C=O) groups excluding carboxylic acids is 2. The topological polar surface area (TPSA) is 105 Å². The van der Waals surface area contributed by atoms with Crippen LogP contribution in [0.15, 0.2) is 114 Å². The third-order valence-corrected chi connectivity index (χ3v) is 8.01. The molecule has 0 aliphatic rings. The summed E-state index contributed by atoms with van der Waals surface area (Å²) in [5, 5.41) is 2.96. The Morgan fingerprint density at radius 3 is 2.12 bits per heavy atom. The van der Waals surface area contributed by atoms with Crippen LogP contribution in [0.25, 0.3) is 0 Å². The van der Waals surface area contributed by atoms with Gasteiger partial charge in [0.15, 0.2) is 6.61 Å². The van der Waals surface area contributed by atoms with Gasteiger partial charge in [-0.25, -0.2) is 12.8 Å². The van der Waals surface area contributed by atoms with E-state index in [1.165, 1.54) is 41.3 Å². The van der Waals surface area contributed by atoms with Gasteiger partial charge in [-0.1, -0.05) is 74.0 Å². The van der Waals surface area contributed by atoms with Crippen molar-refractivity contribution in [2.75, 3.05) is 17.9 Å². The minimum atomic E-state index is -3.93. The van der Waals surface area contributed by atoms with Crippen molar-refractivity contribution >= 4 is 27.5 Å². The zero-order valence-corrected chi connectivity index (χ0v) is 24.6. The van der Waals surface area contributed by atoms with Crippen LogP contribution in [0.3, 0.4) is 0 Å². The van der Waals surface area contributed by atoms with E-state index in [2.05, 4.69) is 10.0 Å². The average molecular weight is 604 g/mol. The van der Waals surface area contributed by atoms with E-state index in [0.717, 1.165) is 30.5 Å². The van der Waals surface area contributed by atoms with Gasteiger partial charge in [0.2, 0.25) is 5.91 Å². The Kier molecular flexibility index (Phi) is 10.9. The molecule has 0 radical (unpaired) electrons. The number of sulfonamides is 1. The first kappa shape index (κ1) is 31.2. The summed E-state index contributed by atoms with van der Waals surface area (Å²) in [5.74, 6) is -0.906. The van der Waals surface area contributed by atoms with Gasteiger partial charge in [-0.05, 0) is 66.1 Å². The molecule has 0 fully saturated rings. The monoisotopic (exact) mass is 603 g/mol. The second kappa shape index (κ2) is 15.0. The van der Waals surface area contributed by atoms with E-state index in [1.54, 1.807) is 0 Å². The standard InChI is InChI=1S/C33H34FN3O5S/c1-2-3-22-35-33(39)32(26-12-8-5-9-13-26)37(23-25-10-6-4-7-11-25)31(38)24-42-29-18-20-30(21-19-29)43(40,41)36-28-16-14-27(34)15-17-28/h4-21,32,36H,2-3,22-24H2,1H3,(H,35,39)/t32-/m0/s1. The highest BCUT2D eigenvalue weighted by atomic mass is 32.2. The number of amides is 2. The second-order valence-corrected chi connectivity index (χ2v) is 11.5. The molecule has 4 rings (SSSR count). The van der Waals surface area contributed by atoms with Gasteiger partial charge in [0, 0.05) is 18.8 Å². The van der Waals surface area contributed by atoms with Gasteiger partial charge in [-0.2, -0.15) is 0 Å². The molecule has 1 atom stereocenters. The van der Waals surface area contributed by atoms with Crippen LogP contribution in [0, 0.1) is 5.82 Å². The molecule has 0 heterocycles. The lowest BCUT2D eigenvalue weighted by Gasteiger charge is -2.31. The Bertz CT molecular complexity index is 1580. The van der Waals surface area contributed by atoms with Crippen molar-refractivity contribution in [2.24, 2.45) is 0 Å². The summed E-state index contributed by atoms with van der Waals surface area (Å²) < 4.78 is 46.8. The first-order valence-corrected chi connectivity index (χ1v) is 15.4. The normalized spacial score (nSPS) is 11.8. The number of carbonyl (C=O) groups is 2. The Balaban J connectivity index is 1.52. The van der Waals surface area contributed by atoms with Gasteiger partial charge < -0.3 is 15.0 Å². The lowest BCUT2D eigenvalue weighted by atomic mass is 10.0. The van der Waals surface area contributed by atoms with E-state index >= 15 is 0 Å². The van der Waals surface area contributed by atoms with Gasteiger partial charge in [0.1, 0.15) is 17.6 Å². The number of nitrogens with zero attached hydrogens (tertiary/aromatic N) is 1. The lowest BCUT2D eigenvalue weighted by molar-refractivity contribution is -0.143. The maximum Gasteiger partial charge on any atom is 0.261 e. The van der Waals surface area contributed by atoms with Crippen LogP contribution >= 0.6 is 0 Å². The van der Waals surface area contributed by atoms with E-state index in [-0.39, 0.29) is 35.4 Å². The maximum absolute atomic E-state index is 13.7. The number of rotatable bonds is 14. The summed E-state index contributed by atoms with van der Waals surface area (Å²) in [4.78, 5) is 28.7. The Morgan fingerprint density at radius 2 is 1.49 bits per heavy atom. The third kappa shape index (κ3) is 8.89. The molecule has 4 aromatic carbocycles. The van der Waals surface area contributed by atoms with Crippen molar-refractivity contribution in [1.82, 2.24) is 10.2 Å². The van der Waals surface area contributed by atoms with Crippen LogP contribution in [0.5, 0.6) is 5.75 Å². The largest absolute Gasteiger partial charge is 0.484 e. The molecule has 43 heavy (non-hydrogen) atoms. The second-order valence-electron chi connectivity index (χ2n) is 9.84. The van der Waals surface area contributed by atoms with E-state index in [0.29, 0.717) is 12.1 Å². The zero-order valence-electron chi connectivity index (χ0n) is 23.8. The highest BCUT2D eigenvalue weighted by Gasteiger charge is 2.31. The fraction of sp³-hybridized carbons (Fsp3) is 0.212. The smallest absolute Gasteiger partial charge is 0.261 e. The molecule has 4 aromatic rings. The third-order valence-electron chi connectivity index (χ3n) is 6.61. The Hall–Kier alpha value is -4.70. The maximum atomic E-state index is 13.7. The molecule has 2 amide bonds. The van der Waals surface area contributed by atoms with Gasteiger partial charge >= 0.3 is 0 Å². The quantitative estimate of drug-likeness (QED) is 0.180. The molecule has 0 aromatic heterocycles. The van der Waals surface area contributed by atoms with Gasteiger partial charge in [0.25, 0.3) is 15.9 Å². The highest BCUT2D eigenvalue weighted by Crippen LogP contribution is 2.25. The van der Waals surface area contributed by atoms with Crippen molar-refractivity contribution in [2.45, 2.75) is 37.2 Å². The molecule has 8 nitrogen and oxygen atoms in total. The number of anilines is 1. The number of unbranched alkanes of at least 4 members (excludes halogenated alkanes) is 1. The summed E-state index contributed by atoms with van der Waals surface area (Å²) in [5.41, 5.74) is 1.74. The summed E-state index contributed by atoms with van der Waals surface area (Å²) in [6.07, 6.45) is 1.73. The molecule has 0 spiro atoms. The number of benzene rings is 4. The number of nitrogens with one attached hydrogen (secondary N) is 2. The van der Waals surface area contributed by atoms with Gasteiger partial charge in [-0.3, -0.25) is 14.3 Å². The molecule has 2 N–H and O–H groups in total. The van der Waals surface area contributed by atoms with Crippen molar-refractivity contribution in [3.05, 3.63) is 126 Å². The van der Waals surface area contributed by atoms with Gasteiger partial charge in [0.05, 0.1) is 4.90 Å². The van der Waals surface area contributed by atoms with Crippen LogP contribution < -0.4 is 14.8 Å². The lowest BCUT2D eigenvalue weighted by Crippen LogP contribution is -2.45. The number of hydrogen-bond acceptors (Lipinski definition) is 5. The summed E-state index contributed by atoms with van der Waals surface area (Å²) >= 11 is 0. The molecule has 0 saturated carbocycles. The Morgan fingerprint density at radius 1 is 0.860 bits per heavy atom. The SMILES string of the molecule is CCCCNC(=O)[C@H](c1ccccc1)N(Cc1ccccc1)C(=O)COc1ccc(S(=O)(=O)Nc2ccc(F)cc2)cc1. The predicted molar refractivity (Wildman–Crippen MR) is 163 cm³/mol.